The summed E-state index contributed by atoms with van der Waals surface area (Å²) in [6, 6.07) is 10.6. The zero-order valence-electron chi connectivity index (χ0n) is 18.3. The third-order valence-electron chi connectivity index (χ3n) is 5.76. The fourth-order valence-corrected chi connectivity index (χ4v) is 3.96. The summed E-state index contributed by atoms with van der Waals surface area (Å²) in [4.78, 5) is 17.4. The van der Waals surface area contributed by atoms with Gasteiger partial charge in [-0.2, -0.15) is 9.97 Å². The number of hydrogen-bond acceptors (Lipinski definition) is 6. The van der Waals surface area contributed by atoms with Crippen LogP contribution < -0.4 is 9.47 Å². The lowest BCUT2D eigenvalue weighted by Crippen LogP contribution is -2.45. The maximum Gasteiger partial charge on any atom is 0.220 e. The zero-order chi connectivity index (χ0) is 21.1. The zero-order valence-corrected chi connectivity index (χ0v) is 18.3. The van der Waals surface area contributed by atoms with Crippen molar-refractivity contribution in [2.24, 2.45) is 0 Å². The number of nitrogens with one attached hydrogen (secondary N) is 1. The van der Waals surface area contributed by atoms with Gasteiger partial charge in [0.1, 0.15) is 5.82 Å². The molecule has 3 aromatic rings. The van der Waals surface area contributed by atoms with Gasteiger partial charge in [-0.05, 0) is 23.6 Å². The Morgan fingerprint density at radius 1 is 0.933 bits per heavy atom. The first-order chi connectivity index (χ1) is 14.6. The standard InChI is InChI=1S/C23H31N5O2/c1-16(2)20-12-18-17(6-5-7-19(18)24-20)14-27-8-10-28(11-9-27)15-21-25-22(29-3)13-23(26-21)30-4/h5-7,12-13,16,24H,8-11,14-15H2,1-4H3. The molecule has 0 radical (unpaired) electrons. The number of piperazine rings is 1. The van der Waals surface area contributed by atoms with Crippen molar-refractivity contribution in [3.63, 3.8) is 0 Å². The summed E-state index contributed by atoms with van der Waals surface area (Å²) < 4.78 is 10.5. The van der Waals surface area contributed by atoms with Crippen molar-refractivity contribution in [2.45, 2.75) is 32.9 Å². The molecule has 1 aliphatic heterocycles. The van der Waals surface area contributed by atoms with Crippen LogP contribution in [-0.2, 0) is 13.1 Å². The second kappa shape index (κ2) is 9.02. The summed E-state index contributed by atoms with van der Waals surface area (Å²) in [6.07, 6.45) is 0. The van der Waals surface area contributed by atoms with Crippen molar-refractivity contribution in [1.82, 2.24) is 24.8 Å². The Morgan fingerprint density at radius 2 is 1.57 bits per heavy atom. The van der Waals surface area contributed by atoms with Crippen LogP contribution in [0, 0.1) is 0 Å². The van der Waals surface area contributed by atoms with Gasteiger partial charge in [0.05, 0.1) is 26.8 Å². The van der Waals surface area contributed by atoms with Crippen LogP contribution in [0.2, 0.25) is 0 Å². The topological polar surface area (TPSA) is 66.5 Å². The second-order valence-corrected chi connectivity index (χ2v) is 8.18. The Kier molecular flexibility index (Phi) is 6.20. The molecule has 30 heavy (non-hydrogen) atoms. The van der Waals surface area contributed by atoms with Gasteiger partial charge in [0, 0.05) is 49.3 Å². The number of rotatable bonds is 7. The van der Waals surface area contributed by atoms with Crippen molar-refractivity contribution < 1.29 is 9.47 Å². The van der Waals surface area contributed by atoms with E-state index in [1.54, 1.807) is 20.3 Å². The number of fused-ring (bicyclic) bond motifs is 1. The molecule has 0 aliphatic carbocycles. The molecule has 3 heterocycles. The highest BCUT2D eigenvalue weighted by atomic mass is 16.5. The summed E-state index contributed by atoms with van der Waals surface area (Å²) in [5.74, 6) is 2.32. The van der Waals surface area contributed by atoms with E-state index in [4.69, 9.17) is 9.47 Å². The molecule has 0 spiro atoms. The van der Waals surface area contributed by atoms with Gasteiger partial charge in [0.2, 0.25) is 11.8 Å². The molecule has 1 aromatic carbocycles. The number of methoxy groups -OCH3 is 2. The van der Waals surface area contributed by atoms with Crippen molar-refractivity contribution in [3.05, 3.63) is 47.4 Å². The van der Waals surface area contributed by atoms with Crippen LogP contribution in [0.15, 0.2) is 30.3 Å². The number of H-pyrrole nitrogens is 1. The van der Waals surface area contributed by atoms with Crippen LogP contribution in [0.5, 0.6) is 11.8 Å². The predicted molar refractivity (Wildman–Crippen MR) is 118 cm³/mol. The van der Waals surface area contributed by atoms with E-state index in [-0.39, 0.29) is 0 Å². The van der Waals surface area contributed by atoms with E-state index < -0.39 is 0 Å². The SMILES string of the molecule is COc1cc(OC)nc(CN2CCN(Cc3cccc4[nH]c(C(C)C)cc34)CC2)n1. The Balaban J connectivity index is 1.38. The molecule has 1 aliphatic rings. The molecule has 0 bridgehead atoms. The minimum Gasteiger partial charge on any atom is -0.481 e. The highest BCUT2D eigenvalue weighted by molar-refractivity contribution is 5.84. The molecule has 7 nitrogen and oxygen atoms in total. The van der Waals surface area contributed by atoms with Gasteiger partial charge in [-0.25, -0.2) is 0 Å². The average Bonchev–Trinajstić information content (AvgIpc) is 3.21. The molecule has 0 saturated carbocycles. The van der Waals surface area contributed by atoms with E-state index in [2.05, 4.69) is 62.9 Å². The van der Waals surface area contributed by atoms with Crippen molar-refractivity contribution in [1.29, 1.82) is 0 Å². The molecule has 7 heteroatoms. The smallest absolute Gasteiger partial charge is 0.220 e. The number of ether oxygens (including phenoxy) is 2. The maximum absolute atomic E-state index is 5.26. The number of aromatic nitrogens is 3. The van der Waals surface area contributed by atoms with Gasteiger partial charge >= 0.3 is 0 Å². The molecule has 0 atom stereocenters. The molecule has 1 fully saturated rings. The Morgan fingerprint density at radius 3 is 2.17 bits per heavy atom. The lowest BCUT2D eigenvalue weighted by atomic mass is 10.1. The summed E-state index contributed by atoms with van der Waals surface area (Å²) in [7, 11) is 3.22. The first-order valence-corrected chi connectivity index (χ1v) is 10.6. The molecule has 2 aromatic heterocycles. The predicted octanol–water partition coefficient (Wildman–Crippen LogP) is 3.42. The van der Waals surface area contributed by atoms with Crippen LogP contribution in [-0.4, -0.2) is 65.2 Å². The van der Waals surface area contributed by atoms with Crippen LogP contribution >= 0.6 is 0 Å². The normalized spacial score (nSPS) is 15.8. The lowest BCUT2D eigenvalue weighted by molar-refractivity contribution is 0.119. The number of benzene rings is 1. The van der Waals surface area contributed by atoms with Gasteiger partial charge in [-0.3, -0.25) is 9.80 Å². The quantitative estimate of drug-likeness (QED) is 0.645. The average molecular weight is 410 g/mol. The third-order valence-corrected chi connectivity index (χ3v) is 5.76. The van der Waals surface area contributed by atoms with Crippen molar-refractivity contribution in [3.8, 4) is 11.8 Å². The Bertz CT molecular complexity index is 970. The molecule has 1 saturated heterocycles. The Labute approximate surface area is 178 Å². The minimum atomic E-state index is 0.506. The van der Waals surface area contributed by atoms with Gasteiger partial charge in [0.15, 0.2) is 0 Å². The Hall–Kier alpha value is -2.64. The second-order valence-electron chi connectivity index (χ2n) is 8.18. The highest BCUT2D eigenvalue weighted by Gasteiger charge is 2.20. The summed E-state index contributed by atoms with van der Waals surface area (Å²) in [5.41, 5.74) is 3.93. The van der Waals surface area contributed by atoms with E-state index in [0.29, 0.717) is 24.2 Å². The molecule has 0 amide bonds. The molecule has 160 valence electrons. The van der Waals surface area contributed by atoms with Crippen LogP contribution in [0.25, 0.3) is 10.9 Å². The van der Waals surface area contributed by atoms with E-state index in [0.717, 1.165) is 38.5 Å². The van der Waals surface area contributed by atoms with Crippen LogP contribution in [0.3, 0.4) is 0 Å². The monoisotopic (exact) mass is 409 g/mol. The van der Waals surface area contributed by atoms with Gasteiger partial charge in [-0.15, -0.1) is 0 Å². The first-order valence-electron chi connectivity index (χ1n) is 10.6. The molecule has 1 N–H and O–H groups in total. The maximum atomic E-state index is 5.26. The van der Waals surface area contributed by atoms with Crippen molar-refractivity contribution in [2.75, 3.05) is 40.4 Å². The summed E-state index contributed by atoms with van der Waals surface area (Å²) in [5, 5.41) is 1.35. The molecule has 4 rings (SSSR count). The van der Waals surface area contributed by atoms with Crippen molar-refractivity contribution >= 4 is 10.9 Å². The van der Waals surface area contributed by atoms with Gasteiger partial charge < -0.3 is 14.5 Å². The largest absolute Gasteiger partial charge is 0.481 e. The van der Waals surface area contributed by atoms with Crippen LogP contribution in [0.4, 0.5) is 0 Å². The number of nitrogens with zero attached hydrogens (tertiary/aromatic N) is 4. The molecular weight excluding hydrogens is 378 g/mol. The summed E-state index contributed by atoms with van der Waals surface area (Å²) in [6.45, 7) is 10.2. The first kappa shape index (κ1) is 20.6. The fourth-order valence-electron chi connectivity index (χ4n) is 3.96. The van der Waals surface area contributed by atoms with Crippen LogP contribution in [0.1, 0.15) is 36.8 Å². The third kappa shape index (κ3) is 4.57. The minimum absolute atomic E-state index is 0.506. The van der Waals surface area contributed by atoms with E-state index in [1.165, 1.54) is 22.2 Å². The molecular formula is C23H31N5O2. The highest BCUT2D eigenvalue weighted by Crippen LogP contribution is 2.25. The lowest BCUT2D eigenvalue weighted by Gasteiger charge is -2.34. The van der Waals surface area contributed by atoms with Gasteiger partial charge in [0.25, 0.3) is 0 Å². The number of aromatic amines is 1. The van der Waals surface area contributed by atoms with E-state index in [1.807, 2.05) is 0 Å². The van der Waals surface area contributed by atoms with E-state index in [9.17, 15) is 0 Å². The fraction of sp³-hybridized carbons (Fsp3) is 0.478. The molecule has 0 unspecified atom stereocenters. The van der Waals surface area contributed by atoms with E-state index >= 15 is 0 Å². The number of hydrogen-bond donors (Lipinski definition) is 1. The van der Waals surface area contributed by atoms with Gasteiger partial charge in [-0.1, -0.05) is 26.0 Å². The summed E-state index contributed by atoms with van der Waals surface area (Å²) >= 11 is 0.